The summed E-state index contributed by atoms with van der Waals surface area (Å²) < 4.78 is 44.3. The van der Waals surface area contributed by atoms with Gasteiger partial charge in [-0.3, -0.25) is 0 Å². The van der Waals surface area contributed by atoms with Crippen LogP contribution in [0.25, 0.3) is 0 Å². The van der Waals surface area contributed by atoms with Gasteiger partial charge in [-0.25, -0.2) is 4.79 Å². The molecule has 1 aliphatic carbocycles. The minimum Gasteiger partial charge on any atom is -0.496 e. The van der Waals surface area contributed by atoms with Crippen LogP contribution in [0.2, 0.25) is 0 Å². The molecule has 6 heteroatoms. The van der Waals surface area contributed by atoms with E-state index in [-0.39, 0.29) is 11.3 Å². The molecule has 19 heavy (non-hydrogen) atoms. The van der Waals surface area contributed by atoms with E-state index in [4.69, 9.17) is 4.74 Å². The van der Waals surface area contributed by atoms with Crippen molar-refractivity contribution in [3.05, 3.63) is 29.3 Å². The Bertz CT molecular complexity index is 529. The molecule has 0 saturated heterocycles. The van der Waals surface area contributed by atoms with E-state index in [1.54, 1.807) is 0 Å². The molecule has 0 atom stereocenters. The Hall–Kier alpha value is -1.81. The van der Waals surface area contributed by atoms with Crippen LogP contribution in [-0.2, 0) is 16.5 Å². The van der Waals surface area contributed by atoms with Gasteiger partial charge in [0.25, 0.3) is 0 Å². The lowest BCUT2D eigenvalue weighted by atomic mass is 9.70. The van der Waals surface area contributed by atoms with Crippen LogP contribution >= 0.6 is 0 Å². The van der Waals surface area contributed by atoms with E-state index in [0.29, 0.717) is 12.8 Å². The minimum atomic E-state index is -4.51. The highest BCUT2D eigenvalue weighted by molar-refractivity contribution is 5.50. The van der Waals surface area contributed by atoms with E-state index < -0.39 is 17.3 Å². The molecule has 0 aromatic heterocycles. The SMILES string of the molecule is COc1cccc(C(F)(F)F)c1C1(N=C=O)CCC1. The van der Waals surface area contributed by atoms with Gasteiger partial charge >= 0.3 is 6.18 Å². The van der Waals surface area contributed by atoms with Crippen LogP contribution in [0.15, 0.2) is 23.2 Å². The van der Waals surface area contributed by atoms with E-state index in [1.165, 1.54) is 25.3 Å². The number of halogens is 3. The molecule has 0 aliphatic heterocycles. The maximum Gasteiger partial charge on any atom is 0.416 e. The quantitative estimate of drug-likeness (QED) is 0.624. The molecular weight excluding hydrogens is 259 g/mol. The molecule has 1 aliphatic rings. The lowest BCUT2D eigenvalue weighted by Crippen LogP contribution is -2.34. The normalized spacial score (nSPS) is 17.3. The maximum atomic E-state index is 13.1. The van der Waals surface area contributed by atoms with E-state index in [1.807, 2.05) is 0 Å². The van der Waals surface area contributed by atoms with Gasteiger partial charge in [0, 0.05) is 5.56 Å². The summed E-state index contributed by atoms with van der Waals surface area (Å²) in [7, 11) is 1.30. The molecule has 0 N–H and O–H groups in total. The van der Waals surface area contributed by atoms with E-state index in [0.717, 1.165) is 12.5 Å². The second-order valence-electron chi connectivity index (χ2n) is 4.47. The monoisotopic (exact) mass is 271 g/mol. The summed E-state index contributed by atoms with van der Waals surface area (Å²) in [6, 6.07) is 3.71. The number of isocyanates is 1. The number of benzene rings is 1. The van der Waals surface area contributed by atoms with Gasteiger partial charge in [-0.2, -0.15) is 18.2 Å². The van der Waals surface area contributed by atoms with Crippen LogP contribution in [0.5, 0.6) is 5.75 Å². The highest BCUT2D eigenvalue weighted by Crippen LogP contribution is 2.52. The number of carbonyl (C=O) groups excluding carboxylic acids is 1. The Labute approximate surface area is 108 Å². The number of nitrogens with zero attached hydrogens (tertiary/aromatic N) is 1. The summed E-state index contributed by atoms with van der Waals surface area (Å²) in [5.74, 6) is 0.105. The summed E-state index contributed by atoms with van der Waals surface area (Å²) in [5.41, 5.74) is -2.00. The first-order valence-electron chi connectivity index (χ1n) is 5.78. The maximum absolute atomic E-state index is 13.1. The van der Waals surface area contributed by atoms with Crippen LogP contribution in [-0.4, -0.2) is 13.2 Å². The number of ether oxygens (including phenoxy) is 1. The van der Waals surface area contributed by atoms with Gasteiger partial charge in [-0.1, -0.05) is 6.07 Å². The zero-order valence-corrected chi connectivity index (χ0v) is 10.3. The summed E-state index contributed by atoms with van der Waals surface area (Å²) in [5, 5.41) is 0. The third-order valence-electron chi connectivity index (χ3n) is 3.46. The van der Waals surface area contributed by atoms with Crippen LogP contribution in [0, 0.1) is 0 Å². The molecule has 0 spiro atoms. The summed E-state index contributed by atoms with van der Waals surface area (Å²) in [6.07, 6.45) is -1.61. The molecule has 0 amide bonds. The summed E-state index contributed by atoms with van der Waals surface area (Å²) in [6.45, 7) is 0. The Balaban J connectivity index is 2.69. The van der Waals surface area contributed by atoms with Gasteiger partial charge in [-0.05, 0) is 31.4 Å². The highest BCUT2D eigenvalue weighted by atomic mass is 19.4. The fourth-order valence-corrected chi connectivity index (χ4v) is 2.43. The van der Waals surface area contributed by atoms with Gasteiger partial charge < -0.3 is 4.74 Å². The van der Waals surface area contributed by atoms with Crippen LogP contribution in [0.1, 0.15) is 30.4 Å². The lowest BCUT2D eigenvalue weighted by molar-refractivity contribution is -0.139. The van der Waals surface area contributed by atoms with E-state index >= 15 is 0 Å². The number of hydrogen-bond donors (Lipinski definition) is 0. The number of alkyl halides is 3. The zero-order chi connectivity index (χ0) is 14.1. The molecule has 1 fully saturated rings. The average Bonchev–Trinajstić information content (AvgIpc) is 2.32. The summed E-state index contributed by atoms with van der Waals surface area (Å²) in [4.78, 5) is 14.2. The predicted molar refractivity (Wildman–Crippen MR) is 61.6 cm³/mol. The molecule has 1 saturated carbocycles. The Morgan fingerprint density at radius 2 is 2.05 bits per heavy atom. The molecule has 0 radical (unpaired) electrons. The smallest absolute Gasteiger partial charge is 0.416 e. The fraction of sp³-hybridized carbons (Fsp3) is 0.462. The van der Waals surface area contributed by atoms with Gasteiger partial charge in [0.2, 0.25) is 6.08 Å². The van der Waals surface area contributed by atoms with Gasteiger partial charge in [0.05, 0.1) is 12.7 Å². The number of aliphatic imine (C=N–C) groups is 1. The number of methoxy groups -OCH3 is 1. The first kappa shape index (κ1) is 13.6. The van der Waals surface area contributed by atoms with Crippen molar-refractivity contribution in [2.45, 2.75) is 31.0 Å². The second kappa shape index (κ2) is 4.70. The molecule has 0 bridgehead atoms. The van der Waals surface area contributed by atoms with Crippen molar-refractivity contribution in [1.29, 1.82) is 0 Å². The van der Waals surface area contributed by atoms with Crippen molar-refractivity contribution in [2.75, 3.05) is 7.11 Å². The first-order chi connectivity index (χ1) is 8.94. The average molecular weight is 271 g/mol. The highest BCUT2D eigenvalue weighted by Gasteiger charge is 2.47. The van der Waals surface area contributed by atoms with E-state index in [2.05, 4.69) is 4.99 Å². The molecule has 0 unspecified atom stereocenters. The predicted octanol–water partition coefficient (Wildman–Crippen LogP) is 3.43. The summed E-state index contributed by atoms with van der Waals surface area (Å²) >= 11 is 0. The molecular formula is C13H12F3NO2. The minimum absolute atomic E-state index is 0.0559. The fourth-order valence-electron chi connectivity index (χ4n) is 2.43. The molecule has 0 heterocycles. The molecule has 3 nitrogen and oxygen atoms in total. The Kier molecular flexibility index (Phi) is 3.37. The zero-order valence-electron chi connectivity index (χ0n) is 10.3. The number of rotatable bonds is 3. The molecule has 1 aromatic carbocycles. The largest absolute Gasteiger partial charge is 0.496 e. The standard InChI is InChI=1S/C13H12F3NO2/c1-19-10-5-2-4-9(13(14,15)16)11(10)12(17-8-18)6-3-7-12/h2,4-5H,3,6-7H2,1H3. The van der Waals surface area contributed by atoms with Crippen molar-refractivity contribution < 1.29 is 22.7 Å². The first-order valence-corrected chi connectivity index (χ1v) is 5.78. The van der Waals surface area contributed by atoms with Crippen molar-refractivity contribution in [2.24, 2.45) is 4.99 Å². The van der Waals surface area contributed by atoms with Crippen molar-refractivity contribution in [3.63, 3.8) is 0 Å². The molecule has 2 rings (SSSR count). The van der Waals surface area contributed by atoms with Crippen LogP contribution in [0.4, 0.5) is 13.2 Å². The molecule has 1 aromatic rings. The lowest BCUT2D eigenvalue weighted by Gasteiger charge is -2.39. The Morgan fingerprint density at radius 1 is 1.37 bits per heavy atom. The van der Waals surface area contributed by atoms with Crippen LogP contribution in [0.3, 0.4) is 0 Å². The third-order valence-corrected chi connectivity index (χ3v) is 3.46. The van der Waals surface area contributed by atoms with Crippen LogP contribution < -0.4 is 4.74 Å². The second-order valence-corrected chi connectivity index (χ2v) is 4.47. The van der Waals surface area contributed by atoms with Gasteiger partial charge in [0.1, 0.15) is 11.3 Å². The topological polar surface area (TPSA) is 38.7 Å². The van der Waals surface area contributed by atoms with Crippen molar-refractivity contribution in [3.8, 4) is 5.75 Å². The van der Waals surface area contributed by atoms with Gasteiger partial charge in [-0.15, -0.1) is 0 Å². The van der Waals surface area contributed by atoms with Crippen molar-refractivity contribution >= 4 is 6.08 Å². The Morgan fingerprint density at radius 3 is 2.47 bits per heavy atom. The van der Waals surface area contributed by atoms with Gasteiger partial charge in [0.15, 0.2) is 0 Å². The number of hydrogen-bond acceptors (Lipinski definition) is 3. The van der Waals surface area contributed by atoms with E-state index in [9.17, 15) is 18.0 Å². The molecule has 102 valence electrons. The third kappa shape index (κ3) is 2.24. The van der Waals surface area contributed by atoms with Crippen molar-refractivity contribution in [1.82, 2.24) is 0 Å².